The summed E-state index contributed by atoms with van der Waals surface area (Å²) in [5.41, 5.74) is 0. The van der Waals surface area contributed by atoms with Gasteiger partial charge in [-0.2, -0.15) is 0 Å². The monoisotopic (exact) mass is 287 g/mol. The summed E-state index contributed by atoms with van der Waals surface area (Å²) in [6, 6.07) is -0.853. The van der Waals surface area contributed by atoms with Crippen LogP contribution in [0.5, 0.6) is 0 Å². The third kappa shape index (κ3) is 6.34. The van der Waals surface area contributed by atoms with Crippen LogP contribution in [0.1, 0.15) is 39.5 Å². The quantitative estimate of drug-likeness (QED) is 0.655. The van der Waals surface area contributed by atoms with Gasteiger partial charge in [0, 0.05) is 25.6 Å². The maximum atomic E-state index is 11.8. The first-order valence-electron chi connectivity index (χ1n) is 7.22. The number of hydrogen-bond donors (Lipinski definition) is 2. The van der Waals surface area contributed by atoms with Crippen LogP contribution in [0.25, 0.3) is 0 Å². The van der Waals surface area contributed by atoms with Gasteiger partial charge in [0.1, 0.15) is 6.04 Å². The fraction of sp³-hybridized carbons (Fsp3) is 0.857. The van der Waals surface area contributed by atoms with Crippen molar-refractivity contribution in [3.63, 3.8) is 0 Å². The molecule has 1 heterocycles. The van der Waals surface area contributed by atoms with E-state index in [-0.39, 0.29) is 24.3 Å². The van der Waals surface area contributed by atoms with Gasteiger partial charge in [-0.05, 0) is 33.1 Å². The van der Waals surface area contributed by atoms with Gasteiger partial charge in [-0.3, -0.25) is 4.79 Å². The molecule has 1 saturated heterocycles. The molecule has 0 radical (unpaired) electrons. The number of carbonyl (C=O) groups is 2. The summed E-state index contributed by atoms with van der Waals surface area (Å²) in [6.07, 6.45) is 2.63. The van der Waals surface area contributed by atoms with E-state index in [0.29, 0.717) is 26.2 Å². The van der Waals surface area contributed by atoms with Crippen LogP contribution in [0.2, 0.25) is 0 Å². The fourth-order valence-corrected chi connectivity index (χ4v) is 2.21. The molecular formula is C14H25NO5. The molecule has 0 aromatic heterocycles. The molecule has 1 rings (SSSR count). The Kier molecular flexibility index (Phi) is 7.54. The lowest BCUT2D eigenvalue weighted by molar-refractivity contribution is -0.145. The highest BCUT2D eigenvalue weighted by Crippen LogP contribution is 2.18. The van der Waals surface area contributed by atoms with Crippen LogP contribution in [-0.2, 0) is 19.1 Å². The molecular weight excluding hydrogens is 262 g/mol. The van der Waals surface area contributed by atoms with Crippen LogP contribution in [0.4, 0.5) is 0 Å². The zero-order valence-electron chi connectivity index (χ0n) is 12.3. The molecule has 6 nitrogen and oxygen atoms in total. The Labute approximate surface area is 119 Å². The highest BCUT2D eigenvalue weighted by Gasteiger charge is 2.31. The minimum Gasteiger partial charge on any atom is -0.480 e. The third-order valence-electron chi connectivity index (χ3n) is 3.25. The van der Waals surface area contributed by atoms with Crippen LogP contribution >= 0.6 is 0 Å². The molecule has 6 heteroatoms. The SMILES string of the molecule is CC(C)OCCCC(=O)NC(C(=O)O)C1CCCOC1. The molecule has 20 heavy (non-hydrogen) atoms. The number of nitrogens with one attached hydrogen (secondary N) is 1. The van der Waals surface area contributed by atoms with E-state index in [1.165, 1.54) is 0 Å². The Morgan fingerprint density at radius 2 is 2.20 bits per heavy atom. The summed E-state index contributed by atoms with van der Waals surface area (Å²) in [5.74, 6) is -1.38. The highest BCUT2D eigenvalue weighted by atomic mass is 16.5. The van der Waals surface area contributed by atoms with E-state index in [1.807, 2.05) is 13.8 Å². The van der Waals surface area contributed by atoms with E-state index in [9.17, 15) is 14.7 Å². The number of hydrogen-bond acceptors (Lipinski definition) is 4. The largest absolute Gasteiger partial charge is 0.480 e. The summed E-state index contributed by atoms with van der Waals surface area (Å²) in [5, 5.41) is 11.8. The van der Waals surface area contributed by atoms with Crippen LogP contribution < -0.4 is 5.32 Å². The van der Waals surface area contributed by atoms with E-state index in [4.69, 9.17) is 9.47 Å². The smallest absolute Gasteiger partial charge is 0.326 e. The Hall–Kier alpha value is -1.14. The van der Waals surface area contributed by atoms with Crippen molar-refractivity contribution < 1.29 is 24.2 Å². The lowest BCUT2D eigenvalue weighted by Gasteiger charge is -2.28. The molecule has 0 aliphatic carbocycles. The average molecular weight is 287 g/mol. The number of rotatable bonds is 8. The maximum absolute atomic E-state index is 11.8. The van der Waals surface area contributed by atoms with E-state index < -0.39 is 12.0 Å². The minimum atomic E-state index is -0.993. The lowest BCUT2D eigenvalue weighted by atomic mass is 9.93. The molecule has 0 aromatic carbocycles. The summed E-state index contributed by atoms with van der Waals surface area (Å²) in [4.78, 5) is 23.0. The van der Waals surface area contributed by atoms with Gasteiger partial charge in [0.05, 0.1) is 12.7 Å². The maximum Gasteiger partial charge on any atom is 0.326 e. The van der Waals surface area contributed by atoms with Gasteiger partial charge in [-0.15, -0.1) is 0 Å². The second-order valence-corrected chi connectivity index (χ2v) is 5.38. The molecule has 2 unspecified atom stereocenters. The van der Waals surface area contributed by atoms with E-state index >= 15 is 0 Å². The first kappa shape index (κ1) is 16.9. The molecule has 1 aliphatic heterocycles. The van der Waals surface area contributed by atoms with Gasteiger partial charge in [0.25, 0.3) is 0 Å². The lowest BCUT2D eigenvalue weighted by Crippen LogP contribution is -2.48. The number of ether oxygens (including phenoxy) is 2. The van der Waals surface area contributed by atoms with E-state index in [0.717, 1.165) is 12.8 Å². The van der Waals surface area contributed by atoms with Crippen molar-refractivity contribution in [2.75, 3.05) is 19.8 Å². The van der Waals surface area contributed by atoms with Gasteiger partial charge in [-0.1, -0.05) is 0 Å². The van der Waals surface area contributed by atoms with Crippen molar-refractivity contribution in [1.82, 2.24) is 5.32 Å². The Bertz CT molecular complexity index is 313. The summed E-state index contributed by atoms with van der Waals surface area (Å²) >= 11 is 0. The van der Waals surface area contributed by atoms with Crippen LogP contribution in [-0.4, -0.2) is 48.9 Å². The van der Waals surface area contributed by atoms with Crippen molar-refractivity contribution >= 4 is 11.9 Å². The summed E-state index contributed by atoms with van der Waals surface area (Å²) in [7, 11) is 0. The summed E-state index contributed by atoms with van der Waals surface area (Å²) < 4.78 is 10.6. The molecule has 2 N–H and O–H groups in total. The Balaban J connectivity index is 2.33. The molecule has 1 fully saturated rings. The van der Waals surface area contributed by atoms with Gasteiger partial charge < -0.3 is 19.9 Å². The Morgan fingerprint density at radius 3 is 2.75 bits per heavy atom. The molecule has 2 atom stereocenters. The third-order valence-corrected chi connectivity index (χ3v) is 3.25. The van der Waals surface area contributed by atoms with Gasteiger partial charge in [0.15, 0.2) is 0 Å². The summed E-state index contributed by atoms with van der Waals surface area (Å²) in [6.45, 7) is 5.44. The van der Waals surface area contributed by atoms with Crippen molar-refractivity contribution in [2.45, 2.75) is 51.7 Å². The van der Waals surface area contributed by atoms with E-state index in [2.05, 4.69) is 5.32 Å². The molecule has 0 aromatic rings. The van der Waals surface area contributed by atoms with Crippen molar-refractivity contribution in [3.8, 4) is 0 Å². The van der Waals surface area contributed by atoms with Gasteiger partial charge >= 0.3 is 5.97 Å². The van der Waals surface area contributed by atoms with Crippen LogP contribution in [0, 0.1) is 5.92 Å². The number of aliphatic carboxylic acids is 1. The number of carboxylic acid groups (broad SMARTS) is 1. The first-order chi connectivity index (χ1) is 9.50. The first-order valence-corrected chi connectivity index (χ1v) is 7.22. The van der Waals surface area contributed by atoms with Gasteiger partial charge in [0.2, 0.25) is 5.91 Å². The highest BCUT2D eigenvalue weighted by molar-refractivity contribution is 5.83. The second kappa shape index (κ2) is 8.92. The number of carbonyl (C=O) groups excluding carboxylic acids is 1. The molecule has 1 amide bonds. The molecule has 0 saturated carbocycles. The topological polar surface area (TPSA) is 84.9 Å². The predicted molar refractivity (Wildman–Crippen MR) is 73.4 cm³/mol. The second-order valence-electron chi connectivity index (χ2n) is 5.38. The van der Waals surface area contributed by atoms with E-state index in [1.54, 1.807) is 0 Å². The zero-order chi connectivity index (χ0) is 15.0. The van der Waals surface area contributed by atoms with Gasteiger partial charge in [-0.25, -0.2) is 4.79 Å². The minimum absolute atomic E-state index is 0.142. The van der Waals surface area contributed by atoms with Crippen molar-refractivity contribution in [3.05, 3.63) is 0 Å². The number of amides is 1. The zero-order valence-corrected chi connectivity index (χ0v) is 12.3. The normalized spacial score (nSPS) is 20.6. The molecule has 1 aliphatic rings. The predicted octanol–water partition coefficient (Wildman–Crippen LogP) is 1.19. The number of carboxylic acids is 1. The molecule has 116 valence electrons. The molecule has 0 spiro atoms. The Morgan fingerprint density at radius 1 is 1.45 bits per heavy atom. The standard InChI is InChI=1S/C14H25NO5/c1-10(2)20-8-4-6-12(16)15-13(14(17)18)11-5-3-7-19-9-11/h10-11,13H,3-9H2,1-2H3,(H,15,16)(H,17,18). The average Bonchev–Trinajstić information content (AvgIpc) is 2.41. The molecule has 0 bridgehead atoms. The van der Waals surface area contributed by atoms with Crippen molar-refractivity contribution in [2.24, 2.45) is 5.92 Å². The van der Waals surface area contributed by atoms with Crippen LogP contribution in [0.3, 0.4) is 0 Å². The fourth-order valence-electron chi connectivity index (χ4n) is 2.21. The van der Waals surface area contributed by atoms with Crippen molar-refractivity contribution in [1.29, 1.82) is 0 Å². The van der Waals surface area contributed by atoms with Crippen LogP contribution in [0.15, 0.2) is 0 Å².